The summed E-state index contributed by atoms with van der Waals surface area (Å²) in [6.07, 6.45) is -8.00. The quantitative estimate of drug-likeness (QED) is 0.346. The van der Waals surface area contributed by atoms with Crippen molar-refractivity contribution in [3.8, 4) is 0 Å². The maximum atomic E-state index is 10.5. The topological polar surface area (TPSA) is 116 Å². The zero-order chi connectivity index (χ0) is 10.9. The van der Waals surface area contributed by atoms with E-state index in [1.807, 2.05) is 0 Å². The fourth-order valence-electron chi connectivity index (χ4n) is 1.09. The van der Waals surface area contributed by atoms with E-state index in [-0.39, 0.29) is 0 Å². The van der Waals surface area contributed by atoms with Gasteiger partial charge in [-0.3, -0.25) is 4.79 Å². The van der Waals surface area contributed by atoms with E-state index in [9.17, 15) is 9.90 Å². The number of hydrogen-bond donors (Lipinski definition) is 4. The first-order chi connectivity index (χ1) is 6.43. The summed E-state index contributed by atoms with van der Waals surface area (Å²) >= 11 is 0. The molecule has 0 saturated carbocycles. The van der Waals surface area contributed by atoms with E-state index in [0.29, 0.717) is 0 Å². The molecule has 0 radical (unpaired) electrons. The van der Waals surface area contributed by atoms with Crippen molar-refractivity contribution in [2.24, 2.45) is 0 Å². The summed E-state index contributed by atoms with van der Waals surface area (Å²) < 4.78 is 8.99. The molecule has 0 amide bonds. The minimum Gasteiger partial charge on any atom is -0.433 e. The third kappa shape index (κ3) is 2.20. The van der Waals surface area contributed by atoms with Crippen LogP contribution in [0.1, 0.15) is 6.92 Å². The molecule has 0 aliphatic carbocycles. The maximum absolute atomic E-state index is 10.5. The van der Waals surface area contributed by atoms with E-state index in [1.165, 1.54) is 0 Å². The van der Waals surface area contributed by atoms with Gasteiger partial charge in [0.2, 0.25) is 6.29 Å². The molecule has 1 saturated heterocycles. The largest absolute Gasteiger partial charge is 0.433 e. The Hall–Kier alpha value is -0.730. The molecule has 5 atom stereocenters. The first kappa shape index (κ1) is 11.3. The lowest BCUT2D eigenvalue weighted by atomic mass is 10.0. The van der Waals surface area contributed by atoms with Crippen molar-refractivity contribution in [1.82, 2.24) is 0 Å². The van der Waals surface area contributed by atoms with Crippen LogP contribution in [0.5, 0.6) is 0 Å². The first-order valence-electron chi connectivity index (χ1n) is 3.98. The second kappa shape index (κ2) is 4.20. The van der Waals surface area contributed by atoms with Crippen LogP contribution in [0, 0.1) is 0 Å². The van der Waals surface area contributed by atoms with Gasteiger partial charge in [-0.05, 0) is 0 Å². The molecular formula is C7H12O7. The van der Waals surface area contributed by atoms with Gasteiger partial charge in [-0.25, -0.2) is 0 Å². The third-order valence-electron chi connectivity index (χ3n) is 1.83. The summed E-state index contributed by atoms with van der Waals surface area (Å²) in [6, 6.07) is 0. The third-order valence-corrected chi connectivity index (χ3v) is 1.83. The molecule has 0 spiro atoms. The summed E-state index contributed by atoms with van der Waals surface area (Å²) in [5, 5.41) is 36.5. The summed E-state index contributed by atoms with van der Waals surface area (Å²) in [5.41, 5.74) is 0. The Bertz CT molecular complexity index is 218. The second-order valence-electron chi connectivity index (χ2n) is 2.98. The lowest BCUT2D eigenvalue weighted by molar-refractivity contribution is -0.331. The molecule has 0 aromatic heterocycles. The van der Waals surface area contributed by atoms with Gasteiger partial charge in [0.05, 0.1) is 0 Å². The summed E-state index contributed by atoms with van der Waals surface area (Å²) in [5.74, 6) is -0.732. The number of ether oxygens (including phenoxy) is 2. The number of esters is 1. The Morgan fingerprint density at radius 2 is 1.71 bits per heavy atom. The first-order valence-corrected chi connectivity index (χ1v) is 3.98. The Balaban J connectivity index is 2.65. The smallest absolute Gasteiger partial charge is 0.305 e. The minimum absolute atomic E-state index is 0.732. The molecule has 0 bridgehead atoms. The van der Waals surface area contributed by atoms with Crippen molar-refractivity contribution in [3.05, 3.63) is 0 Å². The predicted molar refractivity (Wildman–Crippen MR) is 40.7 cm³/mol. The molecule has 4 N–H and O–H groups in total. The molecule has 7 nitrogen and oxygen atoms in total. The van der Waals surface area contributed by atoms with Crippen molar-refractivity contribution in [2.45, 2.75) is 37.8 Å². The maximum Gasteiger partial charge on any atom is 0.305 e. The average molecular weight is 208 g/mol. The van der Waals surface area contributed by atoms with E-state index < -0.39 is 36.9 Å². The van der Waals surface area contributed by atoms with Crippen molar-refractivity contribution in [3.63, 3.8) is 0 Å². The van der Waals surface area contributed by atoms with Gasteiger partial charge < -0.3 is 29.9 Å². The summed E-state index contributed by atoms with van der Waals surface area (Å²) in [7, 11) is 0. The predicted octanol–water partition coefficient (Wildman–Crippen LogP) is -2.69. The SMILES string of the molecule is CC(=O)O[C@@H]1OC(O)[C@@H](O)[C@H](O)C1O. The van der Waals surface area contributed by atoms with Crippen molar-refractivity contribution >= 4 is 5.97 Å². The average Bonchev–Trinajstić information content (AvgIpc) is 2.10. The van der Waals surface area contributed by atoms with E-state index in [4.69, 9.17) is 15.3 Å². The summed E-state index contributed by atoms with van der Waals surface area (Å²) in [6.45, 7) is 1.08. The molecule has 2 unspecified atom stereocenters. The zero-order valence-electron chi connectivity index (χ0n) is 7.40. The van der Waals surface area contributed by atoms with Crippen LogP contribution in [-0.4, -0.2) is 57.3 Å². The minimum atomic E-state index is -1.70. The Morgan fingerprint density at radius 3 is 2.21 bits per heavy atom. The van der Waals surface area contributed by atoms with Crippen molar-refractivity contribution in [2.75, 3.05) is 0 Å². The van der Waals surface area contributed by atoms with Gasteiger partial charge in [-0.2, -0.15) is 0 Å². The lowest BCUT2D eigenvalue weighted by Gasteiger charge is -2.37. The van der Waals surface area contributed by atoms with E-state index in [0.717, 1.165) is 6.92 Å². The van der Waals surface area contributed by atoms with E-state index in [2.05, 4.69) is 9.47 Å². The van der Waals surface area contributed by atoms with Gasteiger partial charge in [-0.1, -0.05) is 0 Å². The van der Waals surface area contributed by atoms with Gasteiger partial charge in [0, 0.05) is 6.92 Å². The molecule has 0 aromatic carbocycles. The highest BCUT2D eigenvalue weighted by atomic mass is 16.8. The number of hydrogen-bond acceptors (Lipinski definition) is 7. The van der Waals surface area contributed by atoms with Gasteiger partial charge in [0.15, 0.2) is 6.29 Å². The van der Waals surface area contributed by atoms with Gasteiger partial charge in [-0.15, -0.1) is 0 Å². The van der Waals surface area contributed by atoms with Crippen molar-refractivity contribution in [1.29, 1.82) is 0 Å². The molecule has 1 aliphatic rings. The molecule has 1 fully saturated rings. The van der Waals surface area contributed by atoms with Crippen molar-refractivity contribution < 1.29 is 34.7 Å². The Kier molecular flexibility index (Phi) is 3.40. The monoisotopic (exact) mass is 208 g/mol. The van der Waals surface area contributed by atoms with Gasteiger partial charge >= 0.3 is 5.97 Å². The summed E-state index contributed by atoms with van der Waals surface area (Å²) in [4.78, 5) is 10.5. The molecule has 0 aromatic rings. The number of aliphatic hydroxyl groups is 4. The molecule has 1 rings (SSSR count). The molecule has 7 heteroatoms. The fourth-order valence-corrected chi connectivity index (χ4v) is 1.09. The van der Waals surface area contributed by atoms with Gasteiger partial charge in [0.1, 0.15) is 18.3 Å². The standard InChI is InChI=1S/C7H12O7/c1-2(8)13-7-5(11)3(9)4(10)6(12)14-7/h3-7,9-12H,1H3/t3-,4-,5?,6?,7+/m0/s1. The van der Waals surface area contributed by atoms with Crippen LogP contribution in [0.2, 0.25) is 0 Å². The number of aliphatic hydroxyl groups excluding tert-OH is 4. The van der Waals surface area contributed by atoms with Crippen LogP contribution < -0.4 is 0 Å². The fraction of sp³-hybridized carbons (Fsp3) is 0.857. The van der Waals surface area contributed by atoms with Crippen LogP contribution >= 0.6 is 0 Å². The lowest BCUT2D eigenvalue weighted by Crippen LogP contribution is -2.58. The highest BCUT2D eigenvalue weighted by molar-refractivity contribution is 5.66. The van der Waals surface area contributed by atoms with Crippen LogP contribution in [0.15, 0.2) is 0 Å². The van der Waals surface area contributed by atoms with E-state index >= 15 is 0 Å². The second-order valence-corrected chi connectivity index (χ2v) is 2.98. The van der Waals surface area contributed by atoms with Gasteiger partial charge in [0.25, 0.3) is 0 Å². The van der Waals surface area contributed by atoms with Crippen LogP contribution in [0.3, 0.4) is 0 Å². The molecule has 82 valence electrons. The van der Waals surface area contributed by atoms with Crippen LogP contribution in [-0.2, 0) is 14.3 Å². The Morgan fingerprint density at radius 1 is 1.14 bits per heavy atom. The highest BCUT2D eigenvalue weighted by Crippen LogP contribution is 2.20. The molecular weight excluding hydrogens is 196 g/mol. The molecule has 1 heterocycles. The molecule has 14 heavy (non-hydrogen) atoms. The van der Waals surface area contributed by atoms with E-state index in [1.54, 1.807) is 0 Å². The van der Waals surface area contributed by atoms with Crippen LogP contribution in [0.4, 0.5) is 0 Å². The highest BCUT2D eigenvalue weighted by Gasteiger charge is 2.44. The van der Waals surface area contributed by atoms with Crippen LogP contribution in [0.25, 0.3) is 0 Å². The number of rotatable bonds is 1. The normalized spacial score (nSPS) is 43.4. The number of carbonyl (C=O) groups is 1. The zero-order valence-corrected chi connectivity index (χ0v) is 7.40. The number of carbonyl (C=O) groups excluding carboxylic acids is 1. The Labute approximate surface area is 79.5 Å². The molecule has 1 aliphatic heterocycles.